The van der Waals surface area contributed by atoms with E-state index in [0.29, 0.717) is 57.1 Å². The normalized spacial score (nSPS) is 42.9. The molecule has 31 heavy (non-hydrogen) atoms. The molecule has 3 heterocycles. The molecule has 0 spiro atoms. The van der Waals surface area contributed by atoms with E-state index in [1.165, 1.54) is 6.92 Å². The van der Waals surface area contributed by atoms with E-state index in [0.717, 1.165) is 0 Å². The number of epoxide rings is 1. The predicted octanol–water partition coefficient (Wildman–Crippen LogP) is 3.46. The van der Waals surface area contributed by atoms with Crippen LogP contribution in [0.2, 0.25) is 0 Å². The van der Waals surface area contributed by atoms with Gasteiger partial charge in [0.1, 0.15) is 11.7 Å². The molecule has 7 nitrogen and oxygen atoms in total. The number of ether oxygens (including phenoxy) is 4. The molecule has 0 amide bonds. The van der Waals surface area contributed by atoms with E-state index in [9.17, 15) is 14.7 Å². The van der Waals surface area contributed by atoms with Crippen LogP contribution in [0.1, 0.15) is 79.6 Å². The van der Waals surface area contributed by atoms with E-state index in [2.05, 4.69) is 13.5 Å². The van der Waals surface area contributed by atoms with Gasteiger partial charge in [-0.05, 0) is 78.6 Å². The van der Waals surface area contributed by atoms with Gasteiger partial charge in [-0.25, -0.2) is 4.79 Å². The first-order valence-electron chi connectivity index (χ1n) is 11.5. The molecular formula is C24H38O7. The molecule has 0 unspecified atom stereocenters. The summed E-state index contributed by atoms with van der Waals surface area (Å²) in [5.74, 6) is -0.868. The number of aliphatic hydroxyl groups is 1. The minimum atomic E-state index is -1.08. The Balaban J connectivity index is 1.85. The Kier molecular flexibility index (Phi) is 6.90. The van der Waals surface area contributed by atoms with Crippen molar-refractivity contribution in [3.63, 3.8) is 0 Å². The molecule has 3 aliphatic heterocycles. The fourth-order valence-electron chi connectivity index (χ4n) is 5.16. The Morgan fingerprint density at radius 3 is 2.32 bits per heavy atom. The number of fused-ring (bicyclic) bond motifs is 3. The van der Waals surface area contributed by atoms with Crippen molar-refractivity contribution in [2.75, 3.05) is 6.61 Å². The van der Waals surface area contributed by atoms with Crippen molar-refractivity contribution in [1.29, 1.82) is 0 Å². The molecule has 176 valence electrons. The van der Waals surface area contributed by atoms with Crippen LogP contribution in [0.5, 0.6) is 0 Å². The summed E-state index contributed by atoms with van der Waals surface area (Å²) in [6.07, 6.45) is 3.61. The Morgan fingerprint density at radius 1 is 1.03 bits per heavy atom. The predicted molar refractivity (Wildman–Crippen MR) is 114 cm³/mol. The number of esters is 2. The maximum absolute atomic E-state index is 12.4. The van der Waals surface area contributed by atoms with E-state index in [1.54, 1.807) is 13.8 Å². The number of hydrogen-bond acceptors (Lipinski definition) is 7. The van der Waals surface area contributed by atoms with E-state index < -0.39 is 23.3 Å². The molecule has 0 aromatic rings. The molecule has 2 bridgehead atoms. The Hall–Kier alpha value is -1.44. The van der Waals surface area contributed by atoms with Crippen LogP contribution in [0.15, 0.2) is 12.2 Å². The summed E-state index contributed by atoms with van der Waals surface area (Å²) >= 11 is 0. The third-order valence-corrected chi connectivity index (χ3v) is 7.46. The molecule has 0 saturated carbocycles. The van der Waals surface area contributed by atoms with Crippen LogP contribution in [-0.4, -0.2) is 58.8 Å². The molecule has 0 aliphatic carbocycles. The monoisotopic (exact) mass is 438 g/mol. The van der Waals surface area contributed by atoms with E-state index >= 15 is 0 Å². The van der Waals surface area contributed by atoms with Gasteiger partial charge < -0.3 is 24.1 Å². The minimum Gasteiger partial charge on any atom is -0.463 e. The molecule has 3 fully saturated rings. The summed E-state index contributed by atoms with van der Waals surface area (Å²) in [5, 5.41) is 11.3. The van der Waals surface area contributed by atoms with Crippen LogP contribution in [0.4, 0.5) is 0 Å². The lowest BCUT2D eigenvalue weighted by Crippen LogP contribution is -2.46. The van der Waals surface area contributed by atoms with Gasteiger partial charge in [0.15, 0.2) is 0 Å². The highest BCUT2D eigenvalue weighted by Gasteiger charge is 2.56. The van der Waals surface area contributed by atoms with Crippen molar-refractivity contribution < 1.29 is 33.6 Å². The fraction of sp³-hybridized carbons (Fsp3) is 0.833. The highest BCUT2D eigenvalue weighted by atomic mass is 16.6. The Bertz CT molecular complexity index is 717. The first-order chi connectivity index (χ1) is 14.4. The quantitative estimate of drug-likeness (QED) is 0.408. The second-order valence-corrected chi connectivity index (χ2v) is 10.1. The van der Waals surface area contributed by atoms with Crippen molar-refractivity contribution in [1.82, 2.24) is 0 Å². The van der Waals surface area contributed by atoms with Crippen LogP contribution in [0.25, 0.3) is 0 Å². The topological polar surface area (TPSA) is 94.6 Å². The summed E-state index contributed by atoms with van der Waals surface area (Å²) < 4.78 is 23.3. The van der Waals surface area contributed by atoms with Crippen LogP contribution >= 0.6 is 0 Å². The number of carbonyl (C=O) groups excluding carboxylic acids is 2. The highest BCUT2D eigenvalue weighted by molar-refractivity contribution is 5.88. The first-order valence-corrected chi connectivity index (χ1v) is 11.5. The van der Waals surface area contributed by atoms with Crippen molar-refractivity contribution in [3.8, 4) is 0 Å². The van der Waals surface area contributed by atoms with Gasteiger partial charge in [0, 0.05) is 12.5 Å². The number of carbonyl (C=O) groups is 2. The Labute approximate surface area is 185 Å². The molecule has 3 rings (SSSR count). The lowest BCUT2D eigenvalue weighted by atomic mass is 9.81. The summed E-state index contributed by atoms with van der Waals surface area (Å²) in [4.78, 5) is 24.1. The molecule has 0 aromatic carbocycles. The molecule has 7 heteroatoms. The molecule has 1 N–H and O–H groups in total. The zero-order valence-corrected chi connectivity index (χ0v) is 19.6. The smallest absolute Gasteiger partial charge is 0.333 e. The van der Waals surface area contributed by atoms with Crippen molar-refractivity contribution >= 4 is 11.9 Å². The minimum absolute atomic E-state index is 0.0155. The molecule has 3 aliphatic rings. The third kappa shape index (κ3) is 5.32. The molecular weight excluding hydrogens is 400 g/mol. The maximum atomic E-state index is 12.4. The number of hydrogen-bond donors (Lipinski definition) is 1. The van der Waals surface area contributed by atoms with Gasteiger partial charge in [-0.1, -0.05) is 6.58 Å². The van der Waals surface area contributed by atoms with E-state index in [4.69, 9.17) is 18.9 Å². The molecule has 0 radical (unpaired) electrons. The standard InChI is InChI=1S/C24H38O7/c1-7-28-21(26)15(2)17-8-11-22(4,27)18-9-12-23(5,30-18)19(29-16(3)25)10-13-24(6)20(14-17)31-24/h17-20,27H,2,7-14H2,1,3-6H3/t17-,18-,19-,20+,22+,23+,24-/m0/s1. The fourth-order valence-corrected chi connectivity index (χ4v) is 5.16. The van der Waals surface area contributed by atoms with Crippen molar-refractivity contribution in [2.24, 2.45) is 5.92 Å². The van der Waals surface area contributed by atoms with Crippen LogP contribution in [0.3, 0.4) is 0 Å². The second-order valence-electron chi connectivity index (χ2n) is 10.1. The van der Waals surface area contributed by atoms with Gasteiger partial charge in [-0.3, -0.25) is 4.79 Å². The van der Waals surface area contributed by atoms with E-state index in [1.807, 2.05) is 6.92 Å². The van der Waals surface area contributed by atoms with Gasteiger partial charge >= 0.3 is 11.9 Å². The molecule has 7 atom stereocenters. The van der Waals surface area contributed by atoms with Crippen molar-refractivity contribution in [3.05, 3.63) is 12.2 Å². The largest absolute Gasteiger partial charge is 0.463 e. The second kappa shape index (κ2) is 8.83. The maximum Gasteiger partial charge on any atom is 0.333 e. The third-order valence-electron chi connectivity index (χ3n) is 7.46. The van der Waals surface area contributed by atoms with Crippen LogP contribution in [-0.2, 0) is 28.5 Å². The average Bonchev–Trinajstić information content (AvgIpc) is 3.12. The van der Waals surface area contributed by atoms with Gasteiger partial charge in [-0.15, -0.1) is 0 Å². The molecule has 3 saturated heterocycles. The van der Waals surface area contributed by atoms with E-state index in [-0.39, 0.29) is 29.7 Å². The van der Waals surface area contributed by atoms with Gasteiger partial charge in [0.05, 0.1) is 30.0 Å². The summed E-state index contributed by atoms with van der Waals surface area (Å²) in [6.45, 7) is 13.3. The van der Waals surface area contributed by atoms with Crippen LogP contribution in [0, 0.1) is 5.92 Å². The zero-order valence-electron chi connectivity index (χ0n) is 19.6. The SMILES string of the molecule is C=C(C(=O)OCC)[C@H]1CC[C@@](C)(O)[C@@H]2CC[C@@](C)(O2)[C@@H](OC(C)=O)CC[C@]2(C)O[C@@H]2C1. The lowest BCUT2D eigenvalue weighted by molar-refractivity contribution is -0.184. The first kappa shape index (κ1) is 24.2. The average molecular weight is 439 g/mol. The summed E-state index contributed by atoms with van der Waals surface area (Å²) in [6, 6.07) is 0. The Morgan fingerprint density at radius 2 is 1.68 bits per heavy atom. The molecule has 0 aromatic heterocycles. The number of rotatable bonds is 4. The van der Waals surface area contributed by atoms with Crippen LogP contribution < -0.4 is 0 Å². The van der Waals surface area contributed by atoms with Crippen molar-refractivity contribution in [2.45, 2.75) is 115 Å². The summed E-state index contributed by atoms with van der Waals surface area (Å²) in [7, 11) is 0. The van der Waals surface area contributed by atoms with Gasteiger partial charge in [0.25, 0.3) is 0 Å². The van der Waals surface area contributed by atoms with Gasteiger partial charge in [0.2, 0.25) is 0 Å². The zero-order chi connectivity index (χ0) is 23.0. The highest BCUT2D eigenvalue weighted by Crippen LogP contribution is 2.49. The van der Waals surface area contributed by atoms with Gasteiger partial charge in [-0.2, -0.15) is 0 Å². The summed E-state index contributed by atoms with van der Waals surface area (Å²) in [5.41, 5.74) is -1.63. The lowest BCUT2D eigenvalue weighted by Gasteiger charge is -2.37.